The smallest absolute Gasteiger partial charge is 0.118 e. The van der Waals surface area contributed by atoms with Gasteiger partial charge in [-0.15, -0.1) is 0 Å². The second-order valence-corrected chi connectivity index (χ2v) is 9.48. The maximum absolute atomic E-state index is 10.2. The molecule has 2 aromatic carbocycles. The van der Waals surface area contributed by atoms with Gasteiger partial charge < -0.3 is 9.84 Å². The van der Waals surface area contributed by atoms with Gasteiger partial charge in [-0.25, -0.2) is 0 Å². The fourth-order valence-electron chi connectivity index (χ4n) is 5.51. The lowest BCUT2D eigenvalue weighted by Gasteiger charge is -2.57. The fourth-order valence-corrected chi connectivity index (χ4v) is 5.51. The Morgan fingerprint density at radius 1 is 0.914 bits per heavy atom. The van der Waals surface area contributed by atoms with Crippen LogP contribution in [0.25, 0.3) is 0 Å². The van der Waals surface area contributed by atoms with Crippen LogP contribution in [0.5, 0.6) is 5.75 Å². The number of hydrogen-bond acceptors (Lipinski definition) is 5. The molecule has 0 radical (unpaired) electrons. The highest BCUT2D eigenvalue weighted by molar-refractivity contribution is 5.45. The summed E-state index contributed by atoms with van der Waals surface area (Å²) in [5, 5.41) is 10.2. The second-order valence-electron chi connectivity index (χ2n) is 9.48. The fraction of sp³-hybridized carbons (Fsp3) is 0.367. The van der Waals surface area contributed by atoms with Crippen molar-refractivity contribution >= 4 is 0 Å². The van der Waals surface area contributed by atoms with Gasteiger partial charge in [0.25, 0.3) is 0 Å². The molecule has 2 saturated heterocycles. The second kappa shape index (κ2) is 11.0. The molecule has 35 heavy (non-hydrogen) atoms. The van der Waals surface area contributed by atoms with Crippen LogP contribution in [0.4, 0.5) is 0 Å². The third kappa shape index (κ3) is 5.41. The van der Waals surface area contributed by atoms with E-state index in [9.17, 15) is 5.11 Å². The van der Waals surface area contributed by atoms with Crippen molar-refractivity contribution in [2.75, 3.05) is 33.4 Å². The van der Waals surface area contributed by atoms with Gasteiger partial charge in [-0.05, 0) is 85.6 Å². The Kier molecular flexibility index (Phi) is 7.44. The molecular formula is C30H33N3O2. The Morgan fingerprint density at radius 2 is 1.57 bits per heavy atom. The molecule has 2 fully saturated rings. The molecule has 0 saturated carbocycles. The molecule has 3 heterocycles. The van der Waals surface area contributed by atoms with Crippen LogP contribution in [0.2, 0.25) is 0 Å². The molecule has 0 aliphatic carbocycles. The van der Waals surface area contributed by atoms with Crippen molar-refractivity contribution in [3.05, 3.63) is 95.3 Å². The van der Waals surface area contributed by atoms with Crippen molar-refractivity contribution in [3.8, 4) is 17.6 Å². The van der Waals surface area contributed by atoms with Crippen molar-refractivity contribution in [1.82, 2.24) is 14.8 Å². The Balaban J connectivity index is 1.30. The number of aromatic nitrogens is 1. The quantitative estimate of drug-likeness (QED) is 0.577. The molecule has 1 aromatic heterocycles. The van der Waals surface area contributed by atoms with E-state index in [4.69, 9.17) is 4.74 Å². The summed E-state index contributed by atoms with van der Waals surface area (Å²) in [6, 6.07) is 21.3. The van der Waals surface area contributed by atoms with Crippen molar-refractivity contribution in [2.24, 2.45) is 0 Å². The maximum atomic E-state index is 10.2. The Labute approximate surface area is 208 Å². The summed E-state index contributed by atoms with van der Waals surface area (Å²) in [5.74, 6) is 7.67. The summed E-state index contributed by atoms with van der Waals surface area (Å²) in [5.41, 5.74) is 4.57. The predicted molar refractivity (Wildman–Crippen MR) is 138 cm³/mol. The van der Waals surface area contributed by atoms with E-state index in [0.29, 0.717) is 12.0 Å². The Bertz CT molecular complexity index is 1150. The number of methoxy groups -OCH3 is 1. The van der Waals surface area contributed by atoms with E-state index >= 15 is 0 Å². The molecule has 5 heteroatoms. The summed E-state index contributed by atoms with van der Waals surface area (Å²) >= 11 is 0. The predicted octanol–water partition coefficient (Wildman–Crippen LogP) is 3.91. The summed E-state index contributed by atoms with van der Waals surface area (Å²) in [6.45, 7) is 4.35. The SMILES string of the molecule is COc1ccc(C#Cc2ccc([C@H]3[C@H]4CN(Cc5ccncc5)CCCCN4[C@H]3CO)cc2)cc1. The zero-order valence-electron chi connectivity index (χ0n) is 20.3. The van der Waals surface area contributed by atoms with Crippen LogP contribution < -0.4 is 4.74 Å². The minimum absolute atomic E-state index is 0.192. The number of rotatable bonds is 5. The molecule has 2 aliphatic rings. The molecule has 0 bridgehead atoms. The van der Waals surface area contributed by atoms with Crippen LogP contribution >= 0.6 is 0 Å². The monoisotopic (exact) mass is 467 g/mol. The lowest BCUT2D eigenvalue weighted by atomic mass is 9.74. The van der Waals surface area contributed by atoms with Gasteiger partial charge in [0.15, 0.2) is 0 Å². The van der Waals surface area contributed by atoms with Crippen LogP contribution in [-0.2, 0) is 6.54 Å². The van der Waals surface area contributed by atoms with Crippen LogP contribution in [0.15, 0.2) is 73.1 Å². The highest BCUT2D eigenvalue weighted by Crippen LogP contribution is 2.42. The Morgan fingerprint density at radius 3 is 2.23 bits per heavy atom. The molecule has 0 spiro atoms. The van der Waals surface area contributed by atoms with E-state index in [1.54, 1.807) is 7.11 Å². The third-order valence-electron chi connectivity index (χ3n) is 7.35. The first kappa shape index (κ1) is 23.6. The number of pyridine rings is 1. The number of nitrogens with zero attached hydrogens (tertiary/aromatic N) is 3. The first-order valence-electron chi connectivity index (χ1n) is 12.5. The van der Waals surface area contributed by atoms with E-state index in [1.807, 2.05) is 36.7 Å². The maximum Gasteiger partial charge on any atom is 0.118 e. The molecular weight excluding hydrogens is 434 g/mol. The van der Waals surface area contributed by atoms with Gasteiger partial charge in [-0.1, -0.05) is 24.0 Å². The van der Waals surface area contributed by atoms with E-state index < -0.39 is 0 Å². The first-order chi connectivity index (χ1) is 17.2. The Hall–Kier alpha value is -3.17. The topological polar surface area (TPSA) is 48.8 Å². The van der Waals surface area contributed by atoms with Crippen LogP contribution in [0, 0.1) is 11.8 Å². The lowest BCUT2D eigenvalue weighted by molar-refractivity contribution is -0.0655. The van der Waals surface area contributed by atoms with Crippen molar-refractivity contribution in [1.29, 1.82) is 0 Å². The van der Waals surface area contributed by atoms with E-state index in [2.05, 4.69) is 63.0 Å². The number of aliphatic hydroxyl groups excluding tert-OH is 1. The van der Waals surface area contributed by atoms with Gasteiger partial charge in [0.2, 0.25) is 0 Å². The van der Waals surface area contributed by atoms with Crippen molar-refractivity contribution in [2.45, 2.75) is 37.4 Å². The van der Waals surface area contributed by atoms with Crippen LogP contribution in [0.3, 0.4) is 0 Å². The molecule has 180 valence electrons. The van der Waals surface area contributed by atoms with E-state index in [1.165, 1.54) is 24.0 Å². The zero-order chi connectivity index (χ0) is 24.0. The van der Waals surface area contributed by atoms with Gasteiger partial charge in [-0.2, -0.15) is 0 Å². The molecule has 1 N–H and O–H groups in total. The van der Waals surface area contributed by atoms with Gasteiger partial charge in [-0.3, -0.25) is 14.8 Å². The lowest BCUT2D eigenvalue weighted by Crippen LogP contribution is -2.67. The number of aliphatic hydroxyl groups is 1. The van der Waals surface area contributed by atoms with Crippen LogP contribution in [-0.4, -0.2) is 65.3 Å². The van der Waals surface area contributed by atoms with Crippen LogP contribution in [0.1, 0.15) is 41.0 Å². The molecule has 3 atom stereocenters. The standard InChI is InChI=1S/C30H33N3O2/c1-35-27-12-8-24(9-13-27)5-4-23-6-10-26(11-7-23)30-28-21-32(20-25-14-16-31-17-15-25)18-2-3-19-33(28)29(30)22-34/h6-17,28-30,34H,2-3,18-22H2,1H3/t28-,29+,30+/m1/s1. The largest absolute Gasteiger partial charge is 0.497 e. The normalized spacial score (nSPS) is 22.6. The number of benzene rings is 2. The van der Waals surface area contributed by atoms with Gasteiger partial charge in [0.05, 0.1) is 13.7 Å². The summed E-state index contributed by atoms with van der Waals surface area (Å²) in [6.07, 6.45) is 6.11. The highest BCUT2D eigenvalue weighted by atomic mass is 16.5. The molecule has 2 aliphatic heterocycles. The third-order valence-corrected chi connectivity index (χ3v) is 7.35. The minimum atomic E-state index is 0.192. The van der Waals surface area contributed by atoms with Crippen molar-refractivity contribution < 1.29 is 9.84 Å². The molecule has 5 nitrogen and oxygen atoms in total. The van der Waals surface area contributed by atoms with Crippen molar-refractivity contribution in [3.63, 3.8) is 0 Å². The zero-order valence-corrected chi connectivity index (χ0v) is 20.3. The number of hydrogen-bond donors (Lipinski definition) is 1. The van der Waals surface area contributed by atoms with Gasteiger partial charge in [0.1, 0.15) is 5.75 Å². The average Bonchev–Trinajstić information content (AvgIpc) is 2.89. The summed E-state index contributed by atoms with van der Waals surface area (Å²) < 4.78 is 5.22. The van der Waals surface area contributed by atoms with E-state index in [-0.39, 0.29) is 12.6 Å². The molecule has 5 rings (SSSR count). The molecule has 0 amide bonds. The first-order valence-corrected chi connectivity index (χ1v) is 12.5. The summed E-state index contributed by atoms with van der Waals surface area (Å²) in [4.78, 5) is 9.26. The average molecular weight is 468 g/mol. The highest BCUT2D eigenvalue weighted by Gasteiger charge is 2.48. The number of fused-ring (bicyclic) bond motifs is 1. The van der Waals surface area contributed by atoms with E-state index in [0.717, 1.165) is 43.1 Å². The van der Waals surface area contributed by atoms with Gasteiger partial charge in [0, 0.05) is 54.6 Å². The summed E-state index contributed by atoms with van der Waals surface area (Å²) in [7, 11) is 1.67. The molecule has 3 aromatic rings. The number of ether oxygens (including phenoxy) is 1. The minimum Gasteiger partial charge on any atom is -0.497 e. The molecule has 0 unspecified atom stereocenters. The van der Waals surface area contributed by atoms with Gasteiger partial charge >= 0.3 is 0 Å².